The quantitative estimate of drug-likeness (QED) is 0.555. The van der Waals surface area contributed by atoms with Gasteiger partial charge in [-0.25, -0.2) is 20.0 Å². The molecule has 0 aliphatic carbocycles. The lowest BCUT2D eigenvalue weighted by molar-refractivity contribution is -0.383. The monoisotopic (exact) mass is 241 g/mol. The molecule has 0 aromatic carbocycles. The van der Waals surface area contributed by atoms with Gasteiger partial charge in [-0.3, -0.25) is 21.0 Å². The van der Waals surface area contributed by atoms with Crippen LogP contribution in [-0.2, 0) is 0 Å². The van der Waals surface area contributed by atoms with Crippen LogP contribution in [0, 0.1) is 10.1 Å². The SMILES string of the molecule is CN(C)Nc1ncnc(NN(C)C)c1[N+](=O)[O-]. The van der Waals surface area contributed by atoms with Gasteiger partial charge in [0.05, 0.1) is 4.92 Å². The third kappa shape index (κ3) is 3.50. The fraction of sp³-hybridized carbons (Fsp3) is 0.500. The van der Waals surface area contributed by atoms with Crippen LogP contribution in [-0.4, -0.2) is 53.1 Å². The van der Waals surface area contributed by atoms with Gasteiger partial charge in [0.2, 0.25) is 11.6 Å². The highest BCUT2D eigenvalue weighted by Gasteiger charge is 2.23. The number of aromatic nitrogens is 2. The fourth-order valence-electron chi connectivity index (χ4n) is 1.14. The highest BCUT2D eigenvalue weighted by atomic mass is 16.6. The Morgan fingerprint density at radius 1 is 1.12 bits per heavy atom. The first-order chi connectivity index (χ1) is 7.91. The molecule has 0 fully saturated rings. The van der Waals surface area contributed by atoms with Crippen LogP contribution in [0.25, 0.3) is 0 Å². The molecule has 9 nitrogen and oxygen atoms in total. The van der Waals surface area contributed by atoms with Gasteiger partial charge in [-0.05, 0) is 0 Å². The zero-order valence-corrected chi connectivity index (χ0v) is 10.1. The van der Waals surface area contributed by atoms with E-state index in [4.69, 9.17) is 0 Å². The molecule has 9 heteroatoms. The van der Waals surface area contributed by atoms with Crippen molar-refractivity contribution in [2.24, 2.45) is 0 Å². The molecule has 0 saturated carbocycles. The number of nitro groups is 1. The van der Waals surface area contributed by atoms with Gasteiger partial charge in [0.1, 0.15) is 6.33 Å². The zero-order chi connectivity index (χ0) is 13.0. The van der Waals surface area contributed by atoms with Crippen LogP contribution in [0.15, 0.2) is 6.33 Å². The highest BCUT2D eigenvalue weighted by Crippen LogP contribution is 2.28. The van der Waals surface area contributed by atoms with Crippen molar-refractivity contribution in [3.63, 3.8) is 0 Å². The fourth-order valence-corrected chi connectivity index (χ4v) is 1.14. The lowest BCUT2D eigenvalue weighted by Gasteiger charge is -2.16. The summed E-state index contributed by atoms with van der Waals surface area (Å²) in [4.78, 5) is 18.2. The Labute approximate surface area is 98.5 Å². The van der Waals surface area contributed by atoms with Gasteiger partial charge >= 0.3 is 5.69 Å². The molecule has 0 unspecified atom stereocenters. The van der Waals surface area contributed by atoms with E-state index >= 15 is 0 Å². The van der Waals surface area contributed by atoms with E-state index in [9.17, 15) is 10.1 Å². The van der Waals surface area contributed by atoms with Gasteiger partial charge in [0.15, 0.2) is 0 Å². The second-order valence-electron chi connectivity index (χ2n) is 3.69. The van der Waals surface area contributed by atoms with Crippen LogP contribution < -0.4 is 10.9 Å². The summed E-state index contributed by atoms with van der Waals surface area (Å²) in [6.45, 7) is 0. The third-order valence-electron chi connectivity index (χ3n) is 1.66. The third-order valence-corrected chi connectivity index (χ3v) is 1.66. The molecular formula is C8H15N7O2. The van der Waals surface area contributed by atoms with E-state index in [-0.39, 0.29) is 17.3 Å². The van der Waals surface area contributed by atoms with Gasteiger partial charge < -0.3 is 0 Å². The average molecular weight is 241 g/mol. The standard InChI is InChI=1S/C8H15N7O2/c1-13(2)11-7-6(15(16)17)8(10-5-9-7)12-14(3)4/h5H,1-4H3,(H2,9,10,11,12). The van der Waals surface area contributed by atoms with Gasteiger partial charge in [-0.15, -0.1) is 0 Å². The van der Waals surface area contributed by atoms with E-state index in [1.165, 1.54) is 6.33 Å². The summed E-state index contributed by atoms with van der Waals surface area (Å²) < 4.78 is 0. The summed E-state index contributed by atoms with van der Waals surface area (Å²) in [6.07, 6.45) is 1.25. The molecule has 0 amide bonds. The van der Waals surface area contributed by atoms with Gasteiger partial charge in [-0.2, -0.15) is 0 Å². The number of nitrogens with one attached hydrogen (secondary N) is 2. The maximum absolute atomic E-state index is 11.0. The molecule has 0 spiro atoms. The second-order valence-corrected chi connectivity index (χ2v) is 3.69. The van der Waals surface area contributed by atoms with Crippen molar-refractivity contribution < 1.29 is 4.92 Å². The van der Waals surface area contributed by atoms with Crippen molar-refractivity contribution >= 4 is 17.3 Å². The summed E-state index contributed by atoms with van der Waals surface area (Å²) >= 11 is 0. The maximum Gasteiger partial charge on any atom is 0.355 e. The normalized spacial score (nSPS) is 10.7. The lowest BCUT2D eigenvalue weighted by atomic mass is 10.4. The summed E-state index contributed by atoms with van der Waals surface area (Å²) in [6, 6.07) is 0. The minimum atomic E-state index is -0.530. The second kappa shape index (κ2) is 5.37. The molecule has 1 rings (SSSR count). The van der Waals surface area contributed by atoms with Crippen molar-refractivity contribution in [1.82, 2.24) is 20.0 Å². The molecule has 1 aromatic rings. The summed E-state index contributed by atoms with van der Waals surface area (Å²) in [5, 5.41) is 14.1. The van der Waals surface area contributed by atoms with Crippen LogP contribution in [0.5, 0.6) is 0 Å². The van der Waals surface area contributed by atoms with E-state index < -0.39 is 4.92 Å². The average Bonchev–Trinajstić information content (AvgIpc) is 2.14. The van der Waals surface area contributed by atoms with Crippen LogP contribution in [0.1, 0.15) is 0 Å². The highest BCUT2D eigenvalue weighted by molar-refractivity contribution is 5.68. The Morgan fingerprint density at radius 3 is 1.82 bits per heavy atom. The topological polar surface area (TPSA) is 99.5 Å². The van der Waals surface area contributed by atoms with Crippen molar-refractivity contribution in [3.8, 4) is 0 Å². The zero-order valence-electron chi connectivity index (χ0n) is 10.1. The lowest BCUT2D eigenvalue weighted by Crippen LogP contribution is -2.24. The molecule has 0 atom stereocenters. The molecule has 1 heterocycles. The van der Waals surface area contributed by atoms with Crippen LogP contribution in [0.3, 0.4) is 0 Å². The molecule has 1 aromatic heterocycles. The molecular weight excluding hydrogens is 226 g/mol. The largest absolute Gasteiger partial charge is 0.355 e. The predicted octanol–water partition coefficient (Wildman–Crippen LogP) is 0.162. The summed E-state index contributed by atoms with van der Waals surface area (Å²) in [5.41, 5.74) is 5.30. The number of anilines is 2. The van der Waals surface area contributed by atoms with Gasteiger partial charge in [-0.1, -0.05) is 0 Å². The molecule has 94 valence electrons. The molecule has 0 aliphatic rings. The van der Waals surface area contributed by atoms with Crippen molar-refractivity contribution in [2.75, 3.05) is 39.0 Å². The minimum absolute atomic E-state index is 0.138. The Hall–Kier alpha value is -2.00. The van der Waals surface area contributed by atoms with Crippen LogP contribution in [0.4, 0.5) is 17.3 Å². The Morgan fingerprint density at radius 2 is 1.53 bits per heavy atom. The summed E-state index contributed by atoms with van der Waals surface area (Å²) in [5.74, 6) is 0.277. The molecule has 0 bridgehead atoms. The molecule has 17 heavy (non-hydrogen) atoms. The van der Waals surface area contributed by atoms with Crippen molar-refractivity contribution in [1.29, 1.82) is 0 Å². The van der Waals surface area contributed by atoms with E-state index in [2.05, 4.69) is 20.8 Å². The number of nitrogens with zero attached hydrogens (tertiary/aromatic N) is 5. The van der Waals surface area contributed by atoms with Crippen molar-refractivity contribution in [2.45, 2.75) is 0 Å². The first kappa shape index (κ1) is 13.1. The van der Waals surface area contributed by atoms with E-state index in [1.807, 2.05) is 0 Å². The number of hydrazine groups is 2. The molecule has 2 N–H and O–H groups in total. The Bertz CT molecular complexity index is 379. The van der Waals surface area contributed by atoms with Crippen molar-refractivity contribution in [3.05, 3.63) is 16.4 Å². The Balaban J connectivity index is 3.17. The molecule has 0 radical (unpaired) electrons. The predicted molar refractivity (Wildman–Crippen MR) is 63.3 cm³/mol. The number of hydrogen-bond acceptors (Lipinski definition) is 8. The number of rotatable bonds is 5. The first-order valence-corrected chi connectivity index (χ1v) is 4.79. The summed E-state index contributed by atoms with van der Waals surface area (Å²) in [7, 11) is 6.85. The van der Waals surface area contributed by atoms with E-state index in [0.29, 0.717) is 0 Å². The van der Waals surface area contributed by atoms with E-state index in [0.717, 1.165) is 0 Å². The van der Waals surface area contributed by atoms with Gasteiger partial charge in [0.25, 0.3) is 0 Å². The minimum Gasteiger partial charge on any atom is -0.298 e. The Kier molecular flexibility index (Phi) is 4.12. The van der Waals surface area contributed by atoms with Crippen LogP contribution in [0.2, 0.25) is 0 Å². The van der Waals surface area contributed by atoms with E-state index in [1.54, 1.807) is 38.2 Å². The molecule has 0 saturated heterocycles. The number of hydrogen-bond donors (Lipinski definition) is 2. The van der Waals surface area contributed by atoms with Gasteiger partial charge in [0, 0.05) is 28.2 Å². The molecule has 0 aliphatic heterocycles. The van der Waals surface area contributed by atoms with Crippen LogP contribution >= 0.6 is 0 Å². The first-order valence-electron chi connectivity index (χ1n) is 4.79. The smallest absolute Gasteiger partial charge is 0.298 e. The maximum atomic E-state index is 11.0.